The lowest BCUT2D eigenvalue weighted by Crippen LogP contribution is -1.95. The molecule has 2 aromatic rings. The third kappa shape index (κ3) is 11.7. The third-order valence-electron chi connectivity index (χ3n) is 6.39. The second-order valence-corrected chi connectivity index (χ2v) is 9.40. The van der Waals surface area contributed by atoms with Crippen LogP contribution >= 0.6 is 0 Å². The van der Waals surface area contributed by atoms with Gasteiger partial charge in [0.2, 0.25) is 0 Å². The number of hydrogen-bond acceptors (Lipinski definition) is 3. The highest BCUT2D eigenvalue weighted by molar-refractivity contribution is 5.53. The minimum Gasteiger partial charge on any atom is -0.261 e. The molecule has 0 unspecified atom stereocenters. The van der Waals surface area contributed by atoms with Gasteiger partial charge in [-0.25, -0.2) is 9.97 Å². The summed E-state index contributed by atoms with van der Waals surface area (Å²) in [6, 6.07) is 4.27. The summed E-state index contributed by atoms with van der Waals surface area (Å²) in [6.45, 7) is 4.55. The van der Waals surface area contributed by atoms with Gasteiger partial charge in [-0.1, -0.05) is 104 Å². The molecule has 0 aromatic carbocycles. The van der Waals surface area contributed by atoms with Crippen molar-refractivity contribution in [3.8, 4) is 11.4 Å². The molecule has 178 valence electrons. The largest absolute Gasteiger partial charge is 0.261 e. The molecule has 2 heterocycles. The normalized spacial score (nSPS) is 11.2. The van der Waals surface area contributed by atoms with E-state index < -0.39 is 0 Å². The van der Waals surface area contributed by atoms with Gasteiger partial charge in [-0.3, -0.25) is 4.98 Å². The van der Waals surface area contributed by atoms with E-state index in [1.54, 1.807) is 0 Å². The minimum absolute atomic E-state index is 0.788. The fraction of sp³-hybridized carbons (Fsp3) is 0.690. The van der Waals surface area contributed by atoms with Gasteiger partial charge in [0.1, 0.15) is 0 Å². The molecule has 2 rings (SSSR count). The molecule has 0 aliphatic carbocycles. The standard InChI is InChI=1S/C29H47N3/c1-3-5-7-9-11-12-14-15-17-19-26-23-31-29(32-24-26)27-21-22-28(30-25-27)20-18-16-13-10-8-6-4-2/h21-25H,3-20H2,1-2H3. The van der Waals surface area contributed by atoms with Crippen molar-refractivity contribution in [1.82, 2.24) is 15.0 Å². The van der Waals surface area contributed by atoms with E-state index in [4.69, 9.17) is 0 Å². The van der Waals surface area contributed by atoms with Crippen LogP contribution in [0.25, 0.3) is 11.4 Å². The summed E-state index contributed by atoms with van der Waals surface area (Å²) < 4.78 is 0. The number of hydrogen-bond donors (Lipinski definition) is 0. The van der Waals surface area contributed by atoms with Gasteiger partial charge in [0, 0.05) is 29.8 Å². The second-order valence-electron chi connectivity index (χ2n) is 9.40. The van der Waals surface area contributed by atoms with Crippen molar-refractivity contribution in [2.45, 2.75) is 129 Å². The van der Waals surface area contributed by atoms with E-state index in [2.05, 4.69) is 40.9 Å². The van der Waals surface area contributed by atoms with E-state index in [0.29, 0.717) is 0 Å². The molecule has 2 aromatic heterocycles. The Morgan fingerprint density at radius 1 is 0.500 bits per heavy atom. The Balaban J connectivity index is 1.60. The number of rotatable bonds is 19. The molecule has 0 aliphatic heterocycles. The summed E-state index contributed by atoms with van der Waals surface area (Å²) in [5.74, 6) is 0.788. The first-order valence-electron chi connectivity index (χ1n) is 13.6. The van der Waals surface area contributed by atoms with E-state index in [1.807, 2.05) is 18.6 Å². The first kappa shape index (κ1) is 26.5. The van der Waals surface area contributed by atoms with Crippen molar-refractivity contribution in [1.29, 1.82) is 0 Å². The lowest BCUT2D eigenvalue weighted by molar-refractivity contribution is 0.564. The van der Waals surface area contributed by atoms with Crippen molar-refractivity contribution < 1.29 is 0 Å². The minimum atomic E-state index is 0.788. The Kier molecular flexibility index (Phi) is 14.7. The summed E-state index contributed by atoms with van der Waals surface area (Å²) in [6.07, 6.45) is 29.8. The van der Waals surface area contributed by atoms with E-state index in [1.165, 1.54) is 114 Å². The Labute approximate surface area is 197 Å². The summed E-state index contributed by atoms with van der Waals surface area (Å²) in [5.41, 5.74) is 3.45. The molecule has 0 N–H and O–H groups in total. The summed E-state index contributed by atoms with van der Waals surface area (Å²) >= 11 is 0. The van der Waals surface area contributed by atoms with Gasteiger partial charge in [0.25, 0.3) is 0 Å². The smallest absolute Gasteiger partial charge is 0.160 e. The summed E-state index contributed by atoms with van der Waals surface area (Å²) in [4.78, 5) is 13.8. The van der Waals surface area contributed by atoms with Crippen LogP contribution in [0.3, 0.4) is 0 Å². The van der Waals surface area contributed by atoms with Crippen LogP contribution in [-0.4, -0.2) is 15.0 Å². The second kappa shape index (κ2) is 17.7. The van der Waals surface area contributed by atoms with Crippen LogP contribution in [0, 0.1) is 0 Å². The van der Waals surface area contributed by atoms with Crippen LogP contribution < -0.4 is 0 Å². The zero-order chi connectivity index (χ0) is 22.7. The van der Waals surface area contributed by atoms with Crippen LogP contribution in [0.2, 0.25) is 0 Å². The van der Waals surface area contributed by atoms with Gasteiger partial charge < -0.3 is 0 Å². The van der Waals surface area contributed by atoms with Gasteiger partial charge >= 0.3 is 0 Å². The molecular weight excluding hydrogens is 390 g/mol. The molecule has 0 saturated carbocycles. The van der Waals surface area contributed by atoms with Crippen molar-refractivity contribution in [2.75, 3.05) is 0 Å². The highest BCUT2D eigenvalue weighted by Crippen LogP contribution is 2.16. The average molecular weight is 438 g/mol. The molecule has 0 aliphatic rings. The monoisotopic (exact) mass is 437 g/mol. The van der Waals surface area contributed by atoms with E-state index in [0.717, 1.165) is 24.2 Å². The molecule has 3 nitrogen and oxygen atoms in total. The van der Waals surface area contributed by atoms with Crippen molar-refractivity contribution in [3.63, 3.8) is 0 Å². The lowest BCUT2D eigenvalue weighted by atomic mass is 10.1. The van der Waals surface area contributed by atoms with Crippen LogP contribution in [0.1, 0.15) is 128 Å². The van der Waals surface area contributed by atoms with E-state index in [-0.39, 0.29) is 0 Å². The Morgan fingerprint density at radius 3 is 1.50 bits per heavy atom. The molecule has 0 amide bonds. The number of aryl methyl sites for hydroxylation is 2. The van der Waals surface area contributed by atoms with Crippen molar-refractivity contribution in [2.24, 2.45) is 0 Å². The van der Waals surface area contributed by atoms with Gasteiger partial charge in [0.15, 0.2) is 5.82 Å². The fourth-order valence-corrected chi connectivity index (χ4v) is 4.24. The highest BCUT2D eigenvalue weighted by Gasteiger charge is 2.04. The van der Waals surface area contributed by atoms with Gasteiger partial charge in [-0.05, 0) is 43.4 Å². The number of aromatic nitrogens is 3. The fourth-order valence-electron chi connectivity index (χ4n) is 4.24. The summed E-state index contributed by atoms with van der Waals surface area (Å²) in [5, 5.41) is 0. The molecular formula is C29H47N3. The lowest BCUT2D eigenvalue weighted by Gasteiger charge is -2.05. The molecule has 0 fully saturated rings. The molecule has 0 atom stereocenters. The van der Waals surface area contributed by atoms with Crippen LogP contribution in [0.5, 0.6) is 0 Å². The molecule has 3 heteroatoms. The number of pyridine rings is 1. The zero-order valence-corrected chi connectivity index (χ0v) is 21.0. The van der Waals surface area contributed by atoms with E-state index >= 15 is 0 Å². The number of nitrogens with zero attached hydrogens (tertiary/aromatic N) is 3. The Morgan fingerprint density at radius 2 is 1.00 bits per heavy atom. The molecule has 32 heavy (non-hydrogen) atoms. The molecule has 0 saturated heterocycles. The number of unbranched alkanes of at least 4 members (excludes halogenated alkanes) is 14. The Hall–Kier alpha value is -1.77. The Bertz CT molecular complexity index is 679. The molecule has 0 spiro atoms. The molecule has 0 bridgehead atoms. The zero-order valence-electron chi connectivity index (χ0n) is 21.0. The van der Waals surface area contributed by atoms with Crippen LogP contribution in [0.15, 0.2) is 30.7 Å². The van der Waals surface area contributed by atoms with Gasteiger partial charge in [-0.15, -0.1) is 0 Å². The van der Waals surface area contributed by atoms with Crippen molar-refractivity contribution >= 4 is 0 Å². The topological polar surface area (TPSA) is 38.7 Å². The first-order valence-corrected chi connectivity index (χ1v) is 13.6. The predicted octanol–water partition coefficient (Wildman–Crippen LogP) is 8.91. The SMILES string of the molecule is CCCCCCCCCCCc1cnc(-c2ccc(CCCCCCCCC)nc2)nc1. The van der Waals surface area contributed by atoms with Gasteiger partial charge in [0.05, 0.1) is 0 Å². The summed E-state index contributed by atoms with van der Waals surface area (Å²) in [7, 11) is 0. The van der Waals surface area contributed by atoms with Gasteiger partial charge in [-0.2, -0.15) is 0 Å². The maximum Gasteiger partial charge on any atom is 0.160 e. The molecule has 0 radical (unpaired) electrons. The highest BCUT2D eigenvalue weighted by atomic mass is 14.9. The van der Waals surface area contributed by atoms with E-state index in [9.17, 15) is 0 Å². The third-order valence-corrected chi connectivity index (χ3v) is 6.39. The predicted molar refractivity (Wildman–Crippen MR) is 138 cm³/mol. The van der Waals surface area contributed by atoms with Crippen molar-refractivity contribution in [3.05, 3.63) is 42.0 Å². The average Bonchev–Trinajstić information content (AvgIpc) is 2.83. The first-order chi connectivity index (χ1) is 15.8. The quantitative estimate of drug-likeness (QED) is 0.206. The maximum absolute atomic E-state index is 4.65. The van der Waals surface area contributed by atoms with Crippen LogP contribution in [-0.2, 0) is 12.8 Å². The van der Waals surface area contributed by atoms with Crippen LogP contribution in [0.4, 0.5) is 0 Å². The maximum atomic E-state index is 4.65.